The molecular formula is C114H76O22S8. The lowest BCUT2D eigenvalue weighted by Crippen LogP contribution is -2.08. The van der Waals surface area contributed by atoms with Gasteiger partial charge in [0.05, 0.1) is 68.9 Å². The molecule has 0 radical (unpaired) electrons. The summed E-state index contributed by atoms with van der Waals surface area (Å²) in [4.78, 5) is 90.6. The number of aromatic hydroxyl groups is 4. The second kappa shape index (κ2) is 44.3. The average Bonchev–Trinajstić information content (AvgIpc) is 1.63. The van der Waals surface area contributed by atoms with E-state index >= 15 is 0 Å². The minimum atomic E-state index is -3.37. The van der Waals surface area contributed by atoms with Crippen LogP contribution in [0.15, 0.2) is 440 Å². The minimum Gasteiger partial charge on any atom is -0.508 e. The van der Waals surface area contributed by atoms with Crippen LogP contribution >= 0.6 is 81.1 Å². The maximum Gasteiger partial charge on any atom is 0.344 e. The molecule has 0 atom stereocenters. The molecule has 30 heteroatoms. The van der Waals surface area contributed by atoms with E-state index in [-0.39, 0.29) is 73.7 Å². The Morgan fingerprint density at radius 2 is 0.646 bits per heavy atom. The smallest absolute Gasteiger partial charge is 0.344 e. The fourth-order valence-corrected chi connectivity index (χ4v) is 19.2. The van der Waals surface area contributed by atoms with Crippen LogP contribution < -0.4 is 36.7 Å². The lowest BCUT2D eigenvalue weighted by Gasteiger charge is -2.06. The topological polar surface area (TPSA) is 341 Å². The van der Waals surface area contributed by atoms with Crippen LogP contribution in [0.1, 0.15) is 42.2 Å². The number of hydrogen-bond acceptors (Lipinski definition) is 29. The lowest BCUT2D eigenvalue weighted by molar-refractivity contribution is 0.0722. The van der Waals surface area contributed by atoms with Crippen molar-refractivity contribution in [1.82, 2.24) is 0 Å². The molecule has 0 spiro atoms. The zero-order chi connectivity index (χ0) is 101. The summed E-state index contributed by atoms with van der Waals surface area (Å²) in [5.41, 5.74) is 12.9. The normalized spacial score (nSPS) is 11.0. The molecule has 0 saturated carbocycles. The van der Waals surface area contributed by atoms with E-state index in [1.165, 1.54) is 78.9 Å². The Balaban J connectivity index is 0.000000125. The van der Waals surface area contributed by atoms with Crippen molar-refractivity contribution >= 4 is 131 Å². The fraction of sp³-hybridized carbons (Fsp3) is 0.0263. The highest BCUT2D eigenvalue weighted by atomic mass is 33.1. The monoisotopic (exact) mass is 2050 g/mol. The number of sulfone groups is 1. The van der Waals surface area contributed by atoms with Crippen LogP contribution in [-0.2, 0) is 9.84 Å². The summed E-state index contributed by atoms with van der Waals surface area (Å²) in [5, 5.41) is 40.6. The molecule has 0 amide bonds. The molecule has 0 saturated heterocycles. The van der Waals surface area contributed by atoms with Crippen LogP contribution in [0.4, 0.5) is 0 Å². The van der Waals surface area contributed by atoms with Gasteiger partial charge in [0.15, 0.2) is 21.3 Å². The van der Waals surface area contributed by atoms with E-state index in [4.69, 9.17) is 65.1 Å². The number of fused-ring (bicyclic) bond motifs is 6. The van der Waals surface area contributed by atoms with Gasteiger partial charge >= 0.3 is 40.4 Å². The molecule has 2 aromatic heterocycles. The number of thiol groups is 2. The molecule has 712 valence electrons. The predicted molar refractivity (Wildman–Crippen MR) is 570 cm³/mol. The number of carbonyl (C=O) groups is 3. The van der Waals surface area contributed by atoms with E-state index in [9.17, 15) is 62.4 Å². The zero-order valence-corrected chi connectivity index (χ0v) is 82.4. The molecule has 4 aliphatic heterocycles. The van der Waals surface area contributed by atoms with E-state index in [0.29, 0.717) is 103 Å². The van der Waals surface area contributed by atoms with Gasteiger partial charge in [-0.15, -0.1) is 24.3 Å². The van der Waals surface area contributed by atoms with Crippen LogP contribution in [0.5, 0.6) is 40.6 Å². The van der Waals surface area contributed by atoms with Crippen molar-refractivity contribution in [2.24, 2.45) is 0 Å². The van der Waals surface area contributed by atoms with Crippen molar-refractivity contribution in [3.05, 3.63) is 449 Å². The Bertz CT molecular complexity index is 8540. The van der Waals surface area contributed by atoms with Crippen molar-refractivity contribution in [2.75, 3.05) is 6.26 Å². The maximum atomic E-state index is 12.7. The SMILES string of the molecule is Cc1ccc(-c2c3cccc(S(C)(=O)=O)cc-3oc2=O)cc1.Cc1ccc(-c2c3cccc(SSc4cccc5c(-c6ccccc6)c(=O)oc-5c4)cc-3oc2=O)cc1.O=C(Oc1cc2oc(=O)c(-c3ccccc3)c-2ccc1SS)c1ccc(O)cc1.O=C(Oc1cc2oc(O)c(-c3ccccc3)c2ccc1=S)c1ccc(O)cc1.O=C(Oc1cc2oc(O)c(-c3ccccc3)c2ccc1=S)c1ccc(S)cc1. The number of phenolic OH excluding ortho intramolecular Hbond substituents is 2. The second-order valence-corrected chi connectivity index (χ2v) is 39.0. The number of phenols is 2. The van der Waals surface area contributed by atoms with Gasteiger partial charge in [-0.3, -0.25) is 0 Å². The summed E-state index contributed by atoms with van der Waals surface area (Å²) in [7, 11) is 0.813. The number of benzene rings is 9. The van der Waals surface area contributed by atoms with Gasteiger partial charge in [-0.2, -0.15) is 0 Å². The van der Waals surface area contributed by atoms with E-state index < -0.39 is 39.0 Å². The first-order valence-corrected chi connectivity index (χ1v) is 50.9. The first-order chi connectivity index (χ1) is 69.5. The Morgan fingerprint density at radius 3 is 1.01 bits per heavy atom. The molecule has 0 bridgehead atoms. The molecule has 22 nitrogen and oxygen atoms in total. The standard InChI is InChI=1S/C31H20O4S2.C22H14O5S2.C22H14O5S.C22H14O4S2.C17H14O4S/c1-19-13-15-21(16-14-19)29-25-12-6-10-23(18-27(25)35-31(29)33)37-36-22-9-5-11-24-26(17-22)34-30(32)28(24)20-7-3-2-4-8-20;23-15-8-6-14(7-9-15)21(24)27-18-12-17-16(10-11-19(18)29-28)20(22(25)26-17)13-4-2-1-3-5-13;23-15-8-6-14(7-9-15)21(24)27-18-12-17-16(10-11-19(18)28)20(22(25)26-17)13-4-2-1-3-5-13;23-21(14-6-8-15(27)9-7-14)26-18-12-17-16(10-11-19(18)28)20(22(24)25-17)13-4-2-1-3-5-13;1-11-6-8-12(9-7-11)16-14-5-3-4-13(22(2,19)20)10-15(14)21-17(16)18/h2-18H,1H3;1-12,23,28H;1-12,23,25H;1-12,24,27H;3-10H,1-2H3. The van der Waals surface area contributed by atoms with Crippen LogP contribution in [0, 0.1) is 22.9 Å². The van der Waals surface area contributed by atoms with Crippen LogP contribution in [-0.4, -0.2) is 53.0 Å². The van der Waals surface area contributed by atoms with Crippen LogP contribution in [0.25, 0.3) is 134 Å². The van der Waals surface area contributed by atoms with Gasteiger partial charge in [0.1, 0.15) is 51.5 Å². The van der Waals surface area contributed by atoms with E-state index in [1.54, 1.807) is 94.4 Å². The van der Waals surface area contributed by atoms with Gasteiger partial charge < -0.3 is 61.1 Å². The van der Waals surface area contributed by atoms with Crippen molar-refractivity contribution in [3.8, 4) is 153 Å². The number of aryl methyl sites for hydroxylation is 2. The van der Waals surface area contributed by atoms with Gasteiger partial charge in [0.25, 0.3) is 11.9 Å². The summed E-state index contributed by atoms with van der Waals surface area (Å²) >= 11 is 19.1. The Hall–Kier alpha value is -16.3. The Morgan fingerprint density at radius 1 is 0.326 bits per heavy atom. The van der Waals surface area contributed by atoms with Gasteiger partial charge in [0.2, 0.25) is 0 Å². The second-order valence-electron chi connectivity index (χ2n) is 32.2. The summed E-state index contributed by atoms with van der Waals surface area (Å²) in [6, 6.07) is 107. The molecule has 0 fully saturated rings. The van der Waals surface area contributed by atoms with Gasteiger partial charge in [-0.05, 0) is 187 Å². The molecule has 6 heterocycles. The third-order valence-electron chi connectivity index (χ3n) is 22.4. The van der Waals surface area contributed by atoms with Gasteiger partial charge in [-0.25, -0.2) is 42.0 Å². The van der Waals surface area contributed by atoms with Crippen LogP contribution in [0.3, 0.4) is 0 Å². The number of furan rings is 6. The third kappa shape index (κ3) is 23.0. The number of esters is 3. The third-order valence-corrected chi connectivity index (χ3v) is 28.0. The van der Waals surface area contributed by atoms with Crippen LogP contribution in [0.2, 0.25) is 0 Å². The van der Waals surface area contributed by atoms with Crippen molar-refractivity contribution < 1.29 is 83.9 Å². The van der Waals surface area contributed by atoms with Gasteiger partial charge in [-0.1, -0.05) is 274 Å². The highest BCUT2D eigenvalue weighted by Gasteiger charge is 2.28. The van der Waals surface area contributed by atoms with Gasteiger partial charge in [0, 0.05) is 78.2 Å². The molecule has 21 rings (SSSR count). The summed E-state index contributed by atoms with van der Waals surface area (Å²) < 4.78 is 73.5. The van der Waals surface area contributed by atoms with Crippen molar-refractivity contribution in [2.45, 2.75) is 38.3 Å². The largest absolute Gasteiger partial charge is 0.508 e. The number of rotatable bonds is 17. The minimum absolute atomic E-state index is 0.0489. The molecule has 144 heavy (non-hydrogen) atoms. The van der Waals surface area contributed by atoms with Crippen molar-refractivity contribution in [3.63, 3.8) is 0 Å². The molecule has 4 aliphatic carbocycles. The maximum absolute atomic E-state index is 12.7. The summed E-state index contributed by atoms with van der Waals surface area (Å²) in [5.74, 6) is 0.0811. The van der Waals surface area contributed by atoms with E-state index in [1.807, 2.05) is 232 Å². The molecule has 13 aromatic rings. The van der Waals surface area contributed by atoms with Crippen molar-refractivity contribution in [1.29, 1.82) is 0 Å². The quantitative estimate of drug-likeness (QED) is 0.0213. The molecule has 4 N–H and O–H groups in total. The Kier molecular flexibility index (Phi) is 30.5. The number of carbonyl (C=O) groups excluding carboxylic acids is 3. The molecular weight excluding hydrogens is 1980 g/mol. The van der Waals surface area contributed by atoms with E-state index in [0.717, 1.165) is 87.4 Å². The average molecular weight is 2050 g/mol. The first kappa shape index (κ1) is 99.3. The highest BCUT2D eigenvalue weighted by molar-refractivity contribution is 8.76. The molecule has 11 aromatic carbocycles. The Labute approximate surface area is 853 Å². The predicted octanol–water partition coefficient (Wildman–Crippen LogP) is 28.1. The molecule has 8 aliphatic rings. The first-order valence-electron chi connectivity index (χ1n) is 43.7. The summed E-state index contributed by atoms with van der Waals surface area (Å²) in [6.07, 6.45) is 1.12. The number of hydrogen-bond donors (Lipinski definition) is 6. The fourth-order valence-electron chi connectivity index (χ4n) is 15.4. The molecule has 0 unspecified atom stereocenters. The highest BCUT2D eigenvalue weighted by Crippen LogP contribution is 2.47. The van der Waals surface area contributed by atoms with E-state index in [2.05, 4.69) is 24.3 Å². The summed E-state index contributed by atoms with van der Waals surface area (Å²) in [6.45, 7) is 3.98. The number of ether oxygens (including phenoxy) is 3. The lowest BCUT2D eigenvalue weighted by atomic mass is 10.0. The zero-order valence-electron chi connectivity index (χ0n) is 75.7.